The molecule has 0 aromatic carbocycles. The summed E-state index contributed by atoms with van der Waals surface area (Å²) in [6, 6.07) is 4.49. The van der Waals surface area contributed by atoms with E-state index in [2.05, 4.69) is 12.0 Å². The third-order valence-electron chi connectivity index (χ3n) is 0.799. The van der Waals surface area contributed by atoms with Crippen LogP contribution >= 0.6 is 0 Å². The second kappa shape index (κ2) is 2.23. The van der Waals surface area contributed by atoms with Crippen LogP contribution in [0, 0.1) is 18.4 Å². The molecule has 0 atom stereocenters. The first-order chi connectivity index (χ1) is 3.93. The van der Waals surface area contributed by atoms with E-state index in [9.17, 15) is 0 Å². The molecule has 1 heteroatoms. The SMILES string of the molecule is C#CCc1c[c]co1. The lowest BCUT2D eigenvalue weighted by atomic mass is 10.3. The molecule has 1 aromatic heterocycles. The van der Waals surface area contributed by atoms with Gasteiger partial charge in [-0.2, -0.15) is 0 Å². The maximum Gasteiger partial charge on any atom is 0.116 e. The molecule has 0 unspecified atom stereocenters. The molecule has 0 aliphatic carbocycles. The van der Waals surface area contributed by atoms with Crippen LogP contribution in [0.5, 0.6) is 0 Å². The predicted octanol–water partition coefficient (Wildman–Crippen LogP) is 1.26. The molecule has 0 saturated carbocycles. The van der Waals surface area contributed by atoms with E-state index >= 15 is 0 Å². The molecular formula is C7H5O. The van der Waals surface area contributed by atoms with Crippen molar-refractivity contribution in [2.24, 2.45) is 0 Å². The van der Waals surface area contributed by atoms with Crippen LogP contribution in [0.25, 0.3) is 0 Å². The molecule has 0 aliphatic rings. The summed E-state index contributed by atoms with van der Waals surface area (Å²) in [7, 11) is 0. The average Bonchev–Trinajstić information content (AvgIpc) is 2.19. The molecule has 0 saturated heterocycles. The topological polar surface area (TPSA) is 13.1 Å². The standard InChI is InChI=1S/C7H5O/c1-2-4-7-5-3-6-8-7/h1,5-6H,4H2. The van der Waals surface area contributed by atoms with Gasteiger partial charge in [-0.15, -0.1) is 6.42 Å². The van der Waals surface area contributed by atoms with Crippen molar-refractivity contribution in [3.05, 3.63) is 24.2 Å². The van der Waals surface area contributed by atoms with Crippen molar-refractivity contribution in [1.82, 2.24) is 0 Å². The number of hydrogen-bond donors (Lipinski definition) is 0. The highest BCUT2D eigenvalue weighted by Gasteiger charge is 1.87. The van der Waals surface area contributed by atoms with Gasteiger partial charge < -0.3 is 4.42 Å². The second-order valence-corrected chi connectivity index (χ2v) is 1.39. The van der Waals surface area contributed by atoms with Crippen molar-refractivity contribution >= 4 is 0 Å². The minimum absolute atomic E-state index is 0.559. The van der Waals surface area contributed by atoms with Crippen LogP contribution < -0.4 is 0 Å². The average molecular weight is 105 g/mol. The van der Waals surface area contributed by atoms with Crippen LogP contribution in [0.15, 0.2) is 16.7 Å². The maximum atomic E-state index is 5.00. The van der Waals surface area contributed by atoms with E-state index in [0.717, 1.165) is 5.76 Å². The van der Waals surface area contributed by atoms with Crippen LogP contribution in [0.4, 0.5) is 0 Å². The van der Waals surface area contributed by atoms with Crippen LogP contribution in [-0.4, -0.2) is 0 Å². The van der Waals surface area contributed by atoms with Crippen LogP contribution in [0.1, 0.15) is 5.76 Å². The molecule has 39 valence electrons. The van der Waals surface area contributed by atoms with Crippen molar-refractivity contribution in [1.29, 1.82) is 0 Å². The fraction of sp³-hybridized carbons (Fsp3) is 0.143. The van der Waals surface area contributed by atoms with Crippen LogP contribution in [0.2, 0.25) is 0 Å². The summed E-state index contributed by atoms with van der Waals surface area (Å²) in [5.74, 6) is 3.25. The first-order valence-electron chi connectivity index (χ1n) is 2.30. The summed E-state index contributed by atoms with van der Waals surface area (Å²) in [5.41, 5.74) is 0. The van der Waals surface area contributed by atoms with Gasteiger partial charge in [-0.3, -0.25) is 0 Å². The van der Waals surface area contributed by atoms with E-state index in [1.54, 1.807) is 6.07 Å². The fourth-order valence-electron chi connectivity index (χ4n) is 0.464. The quantitative estimate of drug-likeness (QED) is 0.490. The molecule has 0 aliphatic heterocycles. The Labute approximate surface area is 48.3 Å². The Hall–Kier alpha value is -1.16. The van der Waals surface area contributed by atoms with Crippen molar-refractivity contribution in [3.63, 3.8) is 0 Å². The molecule has 8 heavy (non-hydrogen) atoms. The van der Waals surface area contributed by atoms with E-state index in [0.29, 0.717) is 6.42 Å². The molecule has 1 nitrogen and oxygen atoms in total. The summed E-state index contributed by atoms with van der Waals surface area (Å²) in [6.45, 7) is 0. The summed E-state index contributed by atoms with van der Waals surface area (Å²) >= 11 is 0. The van der Waals surface area contributed by atoms with Crippen molar-refractivity contribution < 1.29 is 4.42 Å². The van der Waals surface area contributed by atoms with Crippen LogP contribution in [-0.2, 0) is 6.42 Å². The van der Waals surface area contributed by atoms with Gasteiger partial charge in [0.2, 0.25) is 0 Å². The molecule has 0 spiro atoms. The van der Waals surface area contributed by atoms with Gasteiger partial charge >= 0.3 is 0 Å². The molecule has 0 amide bonds. The molecule has 0 fully saturated rings. The first kappa shape index (κ1) is 4.99. The van der Waals surface area contributed by atoms with Crippen LogP contribution in [0.3, 0.4) is 0 Å². The zero-order valence-electron chi connectivity index (χ0n) is 4.35. The molecule has 1 heterocycles. The highest BCUT2D eigenvalue weighted by atomic mass is 16.3. The largest absolute Gasteiger partial charge is 0.468 e. The molecule has 1 radical (unpaired) electrons. The summed E-state index contributed by atoms with van der Waals surface area (Å²) in [5, 5.41) is 0. The number of furan rings is 1. The van der Waals surface area contributed by atoms with Gasteiger partial charge in [-0.05, 0) is 6.07 Å². The zero-order chi connectivity index (χ0) is 5.82. The fourth-order valence-corrected chi connectivity index (χ4v) is 0.464. The first-order valence-corrected chi connectivity index (χ1v) is 2.30. The van der Waals surface area contributed by atoms with Crippen molar-refractivity contribution in [2.75, 3.05) is 0 Å². The normalized spacial score (nSPS) is 8.38. The Morgan fingerprint density at radius 1 is 1.88 bits per heavy atom. The summed E-state index contributed by atoms with van der Waals surface area (Å²) < 4.78 is 4.88. The Morgan fingerprint density at radius 3 is 3.25 bits per heavy atom. The Balaban J connectivity index is 2.67. The van der Waals surface area contributed by atoms with Gasteiger partial charge in [0.15, 0.2) is 0 Å². The minimum Gasteiger partial charge on any atom is -0.468 e. The summed E-state index contributed by atoms with van der Waals surface area (Å²) in [4.78, 5) is 0. The Bertz CT molecular complexity index is 179. The highest BCUT2D eigenvalue weighted by Crippen LogP contribution is 1.97. The zero-order valence-corrected chi connectivity index (χ0v) is 4.35. The number of terminal acetylenes is 1. The maximum absolute atomic E-state index is 5.00. The molecule has 0 bridgehead atoms. The minimum atomic E-state index is 0.559. The lowest BCUT2D eigenvalue weighted by Crippen LogP contribution is -1.70. The van der Waals surface area contributed by atoms with Gasteiger partial charge in [0.25, 0.3) is 0 Å². The van der Waals surface area contributed by atoms with E-state index < -0.39 is 0 Å². The van der Waals surface area contributed by atoms with Crippen molar-refractivity contribution in [3.8, 4) is 12.3 Å². The van der Waals surface area contributed by atoms with E-state index in [4.69, 9.17) is 10.8 Å². The van der Waals surface area contributed by atoms with E-state index in [1.807, 2.05) is 0 Å². The van der Waals surface area contributed by atoms with E-state index in [1.165, 1.54) is 6.26 Å². The third-order valence-corrected chi connectivity index (χ3v) is 0.799. The van der Waals surface area contributed by atoms with Gasteiger partial charge in [0, 0.05) is 6.07 Å². The smallest absolute Gasteiger partial charge is 0.116 e. The molecular weight excluding hydrogens is 100 g/mol. The molecule has 1 rings (SSSR count). The summed E-state index contributed by atoms with van der Waals surface area (Å²) in [6.07, 6.45) is 7.05. The van der Waals surface area contributed by atoms with Gasteiger partial charge in [-0.1, -0.05) is 5.92 Å². The Kier molecular flexibility index (Phi) is 1.39. The number of hydrogen-bond acceptors (Lipinski definition) is 1. The highest BCUT2D eigenvalue weighted by molar-refractivity contribution is 5.05. The second-order valence-electron chi connectivity index (χ2n) is 1.39. The Morgan fingerprint density at radius 2 is 2.75 bits per heavy atom. The van der Waals surface area contributed by atoms with E-state index in [-0.39, 0.29) is 0 Å². The third kappa shape index (κ3) is 0.913. The monoisotopic (exact) mass is 105 g/mol. The van der Waals surface area contributed by atoms with Gasteiger partial charge in [0.05, 0.1) is 12.7 Å². The lowest BCUT2D eigenvalue weighted by molar-refractivity contribution is 0.524. The van der Waals surface area contributed by atoms with Crippen molar-refractivity contribution in [2.45, 2.75) is 6.42 Å². The lowest BCUT2D eigenvalue weighted by Gasteiger charge is -1.79. The molecule has 1 aromatic rings. The molecule has 0 N–H and O–H groups in total. The predicted molar refractivity (Wildman–Crippen MR) is 30.1 cm³/mol. The van der Waals surface area contributed by atoms with Gasteiger partial charge in [-0.25, -0.2) is 0 Å². The number of rotatable bonds is 1. The van der Waals surface area contributed by atoms with Gasteiger partial charge in [0.1, 0.15) is 5.76 Å².